The van der Waals surface area contributed by atoms with Crippen LogP contribution in [0.15, 0.2) is 47.1 Å². The Morgan fingerprint density at radius 3 is 1.44 bits per heavy atom. The molecule has 4 saturated heterocycles. The Bertz CT molecular complexity index is 2480. The van der Waals surface area contributed by atoms with E-state index in [1.807, 2.05) is 0 Å². The van der Waals surface area contributed by atoms with Crippen LogP contribution in [0, 0.1) is 11.8 Å². The predicted molar refractivity (Wildman–Crippen MR) is 335 cm³/mol. The molecule has 6 fully saturated rings. The number of rotatable bonds is 31. The van der Waals surface area contributed by atoms with Crippen LogP contribution >= 0.6 is 0 Å². The van der Waals surface area contributed by atoms with Gasteiger partial charge >= 0.3 is 0 Å². The molecule has 560 valence electrons. The molecule has 0 aromatic heterocycles. The lowest BCUT2D eigenvalue weighted by Crippen LogP contribution is -2.63. The second-order valence-corrected chi connectivity index (χ2v) is 27.1. The van der Waals surface area contributed by atoms with Crippen molar-refractivity contribution in [3.63, 3.8) is 0 Å². The molecule has 0 spiro atoms. The Kier molecular flexibility index (Phi) is 30.7. The number of hydrazine groups is 2. The van der Waals surface area contributed by atoms with Crippen molar-refractivity contribution in [2.24, 2.45) is 35.0 Å². The van der Waals surface area contributed by atoms with Crippen molar-refractivity contribution >= 4 is 0 Å². The molecule has 0 aromatic carbocycles. The van der Waals surface area contributed by atoms with Crippen molar-refractivity contribution in [3.05, 3.63) is 47.1 Å². The topological polar surface area (TPSA) is 571 Å². The third-order valence-corrected chi connectivity index (χ3v) is 19.7. The van der Waals surface area contributed by atoms with Crippen molar-refractivity contribution in [2.75, 3.05) is 65.9 Å². The molecule has 8 rings (SSSR count). The average Bonchev–Trinajstić information content (AvgIpc) is 0.921. The number of ether oxygens (including phenoxy) is 10. The maximum atomic E-state index is 11.4. The average molecular weight is 1400 g/mol. The Balaban J connectivity index is 0.688. The highest BCUT2D eigenvalue weighted by atomic mass is 16.7. The van der Waals surface area contributed by atoms with Crippen LogP contribution in [0.2, 0.25) is 0 Å². The molecule has 27 N–H and O–H groups in total. The molecular formula is C62H110N8O27. The number of aliphatic hydroxyl groups is 17. The highest BCUT2D eigenvalue weighted by molar-refractivity contribution is 5.22. The van der Waals surface area contributed by atoms with Crippen molar-refractivity contribution < 1.29 is 134 Å². The van der Waals surface area contributed by atoms with Crippen LogP contribution in [-0.4, -0.2) is 340 Å². The summed E-state index contributed by atoms with van der Waals surface area (Å²) in [5.41, 5.74) is 13.4. The monoisotopic (exact) mass is 1400 g/mol. The van der Waals surface area contributed by atoms with Gasteiger partial charge in [-0.05, 0) is 57.1 Å². The summed E-state index contributed by atoms with van der Waals surface area (Å²) in [5, 5.41) is 189. The predicted octanol–water partition coefficient (Wildman–Crippen LogP) is -8.80. The number of hydrogen-bond acceptors (Lipinski definition) is 35. The smallest absolute Gasteiger partial charge is 0.161 e. The molecule has 4 heterocycles. The summed E-state index contributed by atoms with van der Waals surface area (Å²) in [7, 11) is 0. The second-order valence-electron chi connectivity index (χ2n) is 27.1. The molecule has 4 aliphatic carbocycles. The number of nitrogens with two attached hydrogens (primary N) is 4. The Labute approximate surface area is 563 Å². The van der Waals surface area contributed by atoms with Gasteiger partial charge in [0.15, 0.2) is 25.2 Å². The normalized spacial score (nSPS) is 43.4. The van der Waals surface area contributed by atoms with Crippen LogP contribution in [0.4, 0.5) is 0 Å². The minimum atomic E-state index is -1.57. The zero-order valence-corrected chi connectivity index (χ0v) is 54.9. The van der Waals surface area contributed by atoms with Gasteiger partial charge in [-0.3, -0.25) is 0 Å². The van der Waals surface area contributed by atoms with Gasteiger partial charge < -0.3 is 166 Å². The third kappa shape index (κ3) is 21.3. The van der Waals surface area contributed by atoms with Gasteiger partial charge in [0.1, 0.15) is 48.8 Å². The van der Waals surface area contributed by atoms with E-state index in [1.165, 1.54) is 28.5 Å². The molecule has 97 heavy (non-hydrogen) atoms. The summed E-state index contributed by atoms with van der Waals surface area (Å²) in [4.78, 5) is 0. The summed E-state index contributed by atoms with van der Waals surface area (Å²) in [6.07, 6.45) is -18.7. The highest BCUT2D eigenvalue weighted by Crippen LogP contribution is 2.38. The van der Waals surface area contributed by atoms with E-state index in [2.05, 4.69) is 10.6 Å². The third-order valence-electron chi connectivity index (χ3n) is 19.7. The van der Waals surface area contributed by atoms with Gasteiger partial charge in [0.25, 0.3) is 0 Å². The first-order chi connectivity index (χ1) is 46.2. The SMILES string of the molecule is C[C@H]1O[C@H](O[C@@H]2[C@@H](CO)C[C@H](O[C@H]3C(O)C[C@H](OC/C(N)=C/N(N)CCCCN(N)/C=C(\N)CO[C@H]4C[C@@H](O)C(O[C@@H]5C[C@@H](O)[C@H](O[C@@H]6C[C@@H](O)[C@H](N[C@H]7C=C(CO)[C@@H](O)[C@H](O)C7)[C@@H](C)O6)[C@@H](CO)O5)[C@@H](CO)O4)C[C@@H]3CO)C[C@H]2O)C[C@@H](O)[C@@H]1N[C@H]1C=C(CO)[C@@H](O)[C@H](O)C1O. The van der Waals surface area contributed by atoms with Crippen LogP contribution in [0.5, 0.6) is 0 Å². The summed E-state index contributed by atoms with van der Waals surface area (Å²) in [5.74, 6) is 11.3. The number of unbranched alkanes of at least 4 members (excludes halogenated alkanes) is 1. The molecule has 0 aromatic rings. The second kappa shape index (κ2) is 37.4. The molecule has 0 radical (unpaired) electrons. The van der Waals surface area contributed by atoms with E-state index < -0.39 is 216 Å². The fourth-order valence-corrected chi connectivity index (χ4v) is 14.5. The molecule has 31 atom stereocenters. The van der Waals surface area contributed by atoms with Gasteiger partial charge in [-0.25, -0.2) is 11.7 Å². The maximum Gasteiger partial charge on any atom is 0.161 e. The Hall–Kier alpha value is -3.08. The van der Waals surface area contributed by atoms with E-state index in [0.29, 0.717) is 38.0 Å². The van der Waals surface area contributed by atoms with Gasteiger partial charge in [0, 0.05) is 95.1 Å². The van der Waals surface area contributed by atoms with Gasteiger partial charge in [-0.15, -0.1) is 0 Å². The molecule has 2 saturated carbocycles. The van der Waals surface area contributed by atoms with Crippen LogP contribution in [-0.2, 0) is 47.4 Å². The zero-order chi connectivity index (χ0) is 70.5. The fraction of sp³-hybridized carbons (Fsp3) is 0.871. The molecule has 4 aliphatic heterocycles. The Morgan fingerprint density at radius 1 is 0.474 bits per heavy atom. The first-order valence-corrected chi connectivity index (χ1v) is 33.7. The highest BCUT2D eigenvalue weighted by Gasteiger charge is 2.50. The van der Waals surface area contributed by atoms with E-state index in [4.69, 9.17) is 70.5 Å². The van der Waals surface area contributed by atoms with E-state index in [-0.39, 0.29) is 94.6 Å². The van der Waals surface area contributed by atoms with Crippen LogP contribution in [0.25, 0.3) is 0 Å². The minimum Gasteiger partial charge on any atom is -0.399 e. The molecular weight excluding hydrogens is 1290 g/mol. The minimum absolute atomic E-state index is 0.0293. The summed E-state index contributed by atoms with van der Waals surface area (Å²) in [6, 6.07) is -2.78. The van der Waals surface area contributed by atoms with Crippen LogP contribution in [0.1, 0.15) is 84.5 Å². The van der Waals surface area contributed by atoms with Crippen molar-refractivity contribution in [3.8, 4) is 0 Å². The fourth-order valence-electron chi connectivity index (χ4n) is 14.5. The Morgan fingerprint density at radius 2 is 0.918 bits per heavy atom. The van der Waals surface area contributed by atoms with Crippen molar-refractivity contribution in [2.45, 2.75) is 262 Å². The van der Waals surface area contributed by atoms with Gasteiger partial charge in [-0.1, -0.05) is 12.2 Å². The van der Waals surface area contributed by atoms with Gasteiger partial charge in [-0.2, -0.15) is 0 Å². The number of nitrogens with zero attached hydrogens (tertiary/aromatic N) is 2. The summed E-state index contributed by atoms with van der Waals surface area (Å²) in [6.45, 7) is 1.02. The van der Waals surface area contributed by atoms with Crippen molar-refractivity contribution in [1.82, 2.24) is 20.7 Å². The van der Waals surface area contributed by atoms with Crippen molar-refractivity contribution in [1.29, 1.82) is 0 Å². The zero-order valence-electron chi connectivity index (χ0n) is 54.9. The van der Waals surface area contributed by atoms with E-state index in [1.54, 1.807) is 19.9 Å². The lowest BCUT2D eigenvalue weighted by atomic mass is 9.80. The van der Waals surface area contributed by atoms with Crippen LogP contribution < -0.4 is 33.8 Å². The lowest BCUT2D eigenvalue weighted by Gasteiger charge is -2.46. The molecule has 0 bridgehead atoms. The van der Waals surface area contributed by atoms with Gasteiger partial charge in [0.2, 0.25) is 0 Å². The quantitative estimate of drug-likeness (QED) is 0.0133. The summed E-state index contributed by atoms with van der Waals surface area (Å²) >= 11 is 0. The van der Waals surface area contributed by atoms with Crippen LogP contribution in [0.3, 0.4) is 0 Å². The maximum absolute atomic E-state index is 11.4. The first kappa shape index (κ1) is 79.6. The lowest BCUT2D eigenvalue weighted by molar-refractivity contribution is -0.337. The largest absolute Gasteiger partial charge is 0.399 e. The standard InChI is InChI=1S/C62H110N8O27/c1-28-53(67-36-7-30(20-71)55(84)42(79)11-36)40(77)14-51(90-28)96-62-46(83)17-52(94-48(62)25-76)97-61-45(82)16-49(93-47(61)24-75)89-27-35(64)19-70(66)6-4-3-5-69(65)18-34(63)26-88-37-8-32(22-73)59(43(80)12-37)92-38-9-33(23-74)60(44(81)13-38)95-50-15-41(78)54(29(2)91-50)68-39-10-31(21-72)56(85)58(87)57(39)86/h7,10,18-19,28-29,32-33,36-62,67-68,71-87H,3-6,8-9,11-17,20-27,63-66H2,1-2H3/b34-18-,35-19-/t28-,29-,32-,33-,36+,37-,38+,39+,40-,41-,42-,43?,44-,45-,46-,47-,48-,49-,50-,51-,52-,53-,54-,55-,56-,57?,58+,59-,60-,61?,62+/m1/s1. The first-order valence-electron chi connectivity index (χ1n) is 33.7. The molecule has 0 amide bonds. The van der Waals surface area contributed by atoms with E-state index >= 15 is 0 Å². The molecule has 35 heteroatoms. The number of aliphatic hydroxyl groups excluding tert-OH is 17. The molecule has 3 unspecified atom stereocenters. The molecule has 8 aliphatic rings. The van der Waals surface area contributed by atoms with E-state index in [0.717, 1.165) is 0 Å². The number of hydrogen-bond donors (Lipinski definition) is 23. The van der Waals surface area contributed by atoms with Gasteiger partial charge in [0.05, 0.1) is 149 Å². The van der Waals surface area contributed by atoms with E-state index in [9.17, 15) is 86.8 Å². The number of nitrogens with one attached hydrogen (secondary N) is 2. The molecule has 35 nitrogen and oxygen atoms in total. The summed E-state index contributed by atoms with van der Waals surface area (Å²) < 4.78 is 60.6.